The molecule has 1 rings (SSSR count). The predicted molar refractivity (Wildman–Crippen MR) is 58.8 cm³/mol. The molecule has 0 aliphatic carbocycles. The van der Waals surface area contributed by atoms with Gasteiger partial charge in [-0.25, -0.2) is 0 Å². The van der Waals surface area contributed by atoms with Gasteiger partial charge < -0.3 is 0 Å². The Kier molecular flexibility index (Phi) is 4.38. The van der Waals surface area contributed by atoms with Crippen molar-refractivity contribution in [2.75, 3.05) is 5.88 Å². The first-order valence-electron chi connectivity index (χ1n) is 4.32. The van der Waals surface area contributed by atoms with Crippen molar-refractivity contribution >= 4 is 33.3 Å². The lowest BCUT2D eigenvalue weighted by Gasteiger charge is -2.12. The maximum atomic E-state index is 12.6. The number of carbonyl (C=O) groups excluding carboxylic acids is 1. The molecule has 0 bridgehead atoms. The summed E-state index contributed by atoms with van der Waals surface area (Å²) in [5, 5.41) is 0. The Bertz CT molecular complexity index is 404. The maximum absolute atomic E-state index is 12.6. The molecule has 0 heterocycles. The fraction of sp³-hybridized carbons (Fsp3) is 0.300. The van der Waals surface area contributed by atoms with Crippen molar-refractivity contribution in [2.24, 2.45) is 0 Å². The Morgan fingerprint density at radius 2 is 2.00 bits per heavy atom. The van der Waals surface area contributed by atoms with Crippen LogP contribution >= 0.6 is 27.5 Å². The predicted octanol–water partition coefficient (Wildman–Crippen LogP) is 4.28. The van der Waals surface area contributed by atoms with Gasteiger partial charge in [0, 0.05) is 22.3 Å². The fourth-order valence-corrected chi connectivity index (χ4v) is 2.01. The topological polar surface area (TPSA) is 17.1 Å². The molecular formula is C10H7BrClF3O. The molecule has 0 aliphatic heterocycles. The maximum Gasteiger partial charge on any atom is 0.417 e. The van der Waals surface area contributed by atoms with Gasteiger partial charge in [0.25, 0.3) is 0 Å². The molecule has 16 heavy (non-hydrogen) atoms. The summed E-state index contributed by atoms with van der Waals surface area (Å²) in [6, 6.07) is 3.52. The molecule has 0 aliphatic rings. The van der Waals surface area contributed by atoms with Gasteiger partial charge in [-0.05, 0) is 12.1 Å². The van der Waals surface area contributed by atoms with Gasteiger partial charge in [0.05, 0.1) is 5.56 Å². The minimum absolute atomic E-state index is 0.00252. The zero-order chi connectivity index (χ0) is 12.3. The third kappa shape index (κ3) is 2.98. The second kappa shape index (κ2) is 5.19. The summed E-state index contributed by atoms with van der Waals surface area (Å²) < 4.78 is 38.0. The zero-order valence-electron chi connectivity index (χ0n) is 7.94. The average Bonchev–Trinajstić information content (AvgIpc) is 2.16. The summed E-state index contributed by atoms with van der Waals surface area (Å²) in [5.41, 5.74) is -1.28. The number of hydrogen-bond donors (Lipinski definition) is 0. The number of benzene rings is 1. The second-order valence-electron chi connectivity index (χ2n) is 3.02. The smallest absolute Gasteiger partial charge is 0.294 e. The van der Waals surface area contributed by atoms with Crippen LogP contribution in [0.1, 0.15) is 22.3 Å². The lowest BCUT2D eigenvalue weighted by Crippen LogP contribution is -2.14. The molecule has 0 radical (unpaired) electrons. The van der Waals surface area contributed by atoms with E-state index in [0.717, 1.165) is 6.07 Å². The van der Waals surface area contributed by atoms with E-state index in [-0.39, 0.29) is 22.3 Å². The minimum atomic E-state index is -4.54. The van der Waals surface area contributed by atoms with Crippen LogP contribution in [-0.4, -0.2) is 11.7 Å². The van der Waals surface area contributed by atoms with Crippen LogP contribution in [0.25, 0.3) is 0 Å². The van der Waals surface area contributed by atoms with Crippen molar-refractivity contribution < 1.29 is 18.0 Å². The van der Waals surface area contributed by atoms with Crippen LogP contribution in [0.15, 0.2) is 22.7 Å². The number of carbonyl (C=O) groups is 1. The zero-order valence-corrected chi connectivity index (χ0v) is 10.3. The molecule has 0 amide bonds. The largest absolute Gasteiger partial charge is 0.417 e. The Morgan fingerprint density at radius 3 is 2.50 bits per heavy atom. The normalized spacial score (nSPS) is 11.6. The summed E-state index contributed by atoms with van der Waals surface area (Å²) >= 11 is 8.29. The number of halogens is 5. The minimum Gasteiger partial charge on any atom is -0.294 e. The van der Waals surface area contributed by atoms with E-state index in [2.05, 4.69) is 15.9 Å². The molecule has 0 N–H and O–H groups in total. The van der Waals surface area contributed by atoms with E-state index in [1.54, 1.807) is 0 Å². The highest BCUT2D eigenvalue weighted by atomic mass is 79.9. The Labute approximate surface area is 104 Å². The molecule has 88 valence electrons. The van der Waals surface area contributed by atoms with Crippen LogP contribution in [0.2, 0.25) is 0 Å². The Hall–Kier alpha value is -0.550. The third-order valence-electron chi connectivity index (χ3n) is 1.92. The molecule has 1 aromatic carbocycles. The quantitative estimate of drug-likeness (QED) is 0.601. The Balaban J connectivity index is 3.30. The van der Waals surface area contributed by atoms with Gasteiger partial charge in [0.1, 0.15) is 0 Å². The van der Waals surface area contributed by atoms with Crippen molar-refractivity contribution in [1.29, 1.82) is 0 Å². The first-order chi connectivity index (χ1) is 7.38. The average molecular weight is 316 g/mol. The summed E-state index contributed by atoms with van der Waals surface area (Å²) in [6.45, 7) is 0. The molecule has 0 aromatic heterocycles. The van der Waals surface area contributed by atoms with E-state index in [9.17, 15) is 18.0 Å². The van der Waals surface area contributed by atoms with Gasteiger partial charge in [-0.1, -0.05) is 22.0 Å². The fourth-order valence-electron chi connectivity index (χ4n) is 1.25. The number of hydrogen-bond acceptors (Lipinski definition) is 1. The van der Waals surface area contributed by atoms with Gasteiger partial charge in [-0.2, -0.15) is 13.2 Å². The van der Waals surface area contributed by atoms with Gasteiger partial charge >= 0.3 is 6.18 Å². The number of rotatable bonds is 3. The molecule has 0 unspecified atom stereocenters. The van der Waals surface area contributed by atoms with Gasteiger partial charge in [-0.15, -0.1) is 11.6 Å². The highest BCUT2D eigenvalue weighted by Crippen LogP contribution is 2.35. The highest BCUT2D eigenvalue weighted by Gasteiger charge is 2.35. The number of Topliss-reactive ketones (excluding diaryl/α,β-unsaturated/α-hetero) is 1. The lowest BCUT2D eigenvalue weighted by molar-refractivity contribution is -0.138. The van der Waals surface area contributed by atoms with Crippen LogP contribution in [-0.2, 0) is 6.18 Å². The first kappa shape index (κ1) is 13.5. The van der Waals surface area contributed by atoms with Crippen molar-refractivity contribution in [2.45, 2.75) is 12.6 Å². The molecule has 0 atom stereocenters. The number of ketones is 1. The van der Waals surface area contributed by atoms with Crippen molar-refractivity contribution in [3.63, 3.8) is 0 Å². The number of alkyl halides is 4. The molecule has 0 saturated carbocycles. The van der Waals surface area contributed by atoms with E-state index in [1.165, 1.54) is 12.1 Å². The molecule has 0 fully saturated rings. The summed E-state index contributed by atoms with van der Waals surface area (Å²) in [4.78, 5) is 11.5. The third-order valence-corrected chi connectivity index (χ3v) is 2.77. The van der Waals surface area contributed by atoms with E-state index in [4.69, 9.17) is 11.6 Å². The van der Waals surface area contributed by atoms with Crippen molar-refractivity contribution in [3.05, 3.63) is 33.8 Å². The lowest BCUT2D eigenvalue weighted by atomic mass is 10.0. The van der Waals surface area contributed by atoms with Crippen LogP contribution in [0.5, 0.6) is 0 Å². The van der Waals surface area contributed by atoms with Crippen LogP contribution < -0.4 is 0 Å². The summed E-state index contributed by atoms with van der Waals surface area (Å²) in [7, 11) is 0. The van der Waals surface area contributed by atoms with Crippen LogP contribution in [0.4, 0.5) is 13.2 Å². The van der Waals surface area contributed by atoms with Gasteiger partial charge in [0.2, 0.25) is 0 Å². The Morgan fingerprint density at radius 1 is 1.38 bits per heavy atom. The first-order valence-corrected chi connectivity index (χ1v) is 5.65. The van der Waals surface area contributed by atoms with E-state index in [0.29, 0.717) is 0 Å². The van der Waals surface area contributed by atoms with Crippen molar-refractivity contribution in [3.8, 4) is 0 Å². The van der Waals surface area contributed by atoms with E-state index in [1.807, 2.05) is 0 Å². The van der Waals surface area contributed by atoms with Gasteiger partial charge in [-0.3, -0.25) is 4.79 Å². The molecule has 1 aromatic rings. The molecule has 0 saturated heterocycles. The molecular weight excluding hydrogens is 308 g/mol. The molecule has 6 heteroatoms. The second-order valence-corrected chi connectivity index (χ2v) is 4.25. The SMILES string of the molecule is O=C(CCCl)c1c(Br)cccc1C(F)(F)F. The van der Waals surface area contributed by atoms with Crippen LogP contribution in [0.3, 0.4) is 0 Å². The van der Waals surface area contributed by atoms with E-state index >= 15 is 0 Å². The van der Waals surface area contributed by atoms with Crippen molar-refractivity contribution in [1.82, 2.24) is 0 Å². The standard InChI is InChI=1S/C10H7BrClF3O/c11-7-3-1-2-6(10(13,14)15)9(7)8(16)4-5-12/h1-3H,4-5H2. The highest BCUT2D eigenvalue weighted by molar-refractivity contribution is 9.10. The summed E-state index contributed by atoms with van der Waals surface area (Å²) in [6.07, 6.45) is -4.66. The molecule has 1 nitrogen and oxygen atoms in total. The summed E-state index contributed by atoms with van der Waals surface area (Å²) in [5.74, 6) is -0.618. The monoisotopic (exact) mass is 314 g/mol. The van der Waals surface area contributed by atoms with Crippen LogP contribution in [0, 0.1) is 0 Å². The van der Waals surface area contributed by atoms with E-state index < -0.39 is 17.5 Å². The molecule has 0 spiro atoms. The van der Waals surface area contributed by atoms with Gasteiger partial charge in [0.15, 0.2) is 5.78 Å².